The van der Waals surface area contributed by atoms with Gasteiger partial charge in [-0.05, 0) is 32.9 Å². The minimum absolute atomic E-state index is 0.185. The highest BCUT2D eigenvalue weighted by Crippen LogP contribution is 2.06. The third-order valence-electron chi connectivity index (χ3n) is 1.72. The molecule has 98 valence electrons. The van der Waals surface area contributed by atoms with Crippen molar-refractivity contribution in [2.45, 2.75) is 26.4 Å². The molecule has 0 aliphatic carbocycles. The topological polar surface area (TPSA) is 80.3 Å². The molecule has 0 aliphatic rings. The summed E-state index contributed by atoms with van der Waals surface area (Å²) in [4.78, 5) is 26.7. The van der Waals surface area contributed by atoms with E-state index in [1.807, 2.05) is 0 Å². The third kappa shape index (κ3) is 5.83. The minimum atomic E-state index is -0.559. The van der Waals surface area contributed by atoms with E-state index in [1.165, 1.54) is 0 Å². The van der Waals surface area contributed by atoms with E-state index < -0.39 is 17.6 Å². The number of esters is 1. The number of amides is 2. The van der Waals surface area contributed by atoms with E-state index in [-0.39, 0.29) is 6.54 Å². The largest absolute Gasteiger partial charge is 0.459 e. The second kappa shape index (κ2) is 6.00. The number of rotatable bonds is 3. The smallest absolute Gasteiger partial charge is 0.325 e. The molecule has 0 spiro atoms. The molecule has 6 heteroatoms. The van der Waals surface area contributed by atoms with E-state index in [0.29, 0.717) is 5.82 Å². The van der Waals surface area contributed by atoms with Gasteiger partial charge in [-0.25, -0.2) is 9.78 Å². The zero-order valence-corrected chi connectivity index (χ0v) is 10.7. The van der Waals surface area contributed by atoms with Gasteiger partial charge in [0.2, 0.25) is 0 Å². The summed E-state index contributed by atoms with van der Waals surface area (Å²) in [5.74, 6) is -0.0714. The Kier molecular flexibility index (Phi) is 4.65. The summed E-state index contributed by atoms with van der Waals surface area (Å²) in [6.45, 7) is 5.10. The molecule has 1 rings (SSSR count). The summed E-state index contributed by atoms with van der Waals surface area (Å²) in [5.41, 5.74) is -0.559. The van der Waals surface area contributed by atoms with Gasteiger partial charge in [0.05, 0.1) is 0 Å². The molecular formula is C12H17N3O3. The number of aromatic nitrogens is 1. The molecule has 0 saturated carbocycles. The van der Waals surface area contributed by atoms with Gasteiger partial charge in [-0.2, -0.15) is 0 Å². The van der Waals surface area contributed by atoms with Gasteiger partial charge in [0.1, 0.15) is 18.0 Å². The summed E-state index contributed by atoms with van der Waals surface area (Å²) < 4.78 is 5.04. The molecule has 6 nitrogen and oxygen atoms in total. The SMILES string of the molecule is CC(C)(C)OC(=O)CNC(=O)Nc1ccccn1. The van der Waals surface area contributed by atoms with E-state index in [0.717, 1.165) is 0 Å². The Morgan fingerprint density at radius 3 is 2.61 bits per heavy atom. The Balaban J connectivity index is 2.32. The molecule has 2 amide bonds. The quantitative estimate of drug-likeness (QED) is 0.799. The van der Waals surface area contributed by atoms with Gasteiger partial charge in [0.15, 0.2) is 0 Å². The van der Waals surface area contributed by atoms with Crippen LogP contribution in [0, 0.1) is 0 Å². The normalized spacial score (nSPS) is 10.6. The molecule has 0 radical (unpaired) electrons. The Bertz CT molecular complexity index is 412. The van der Waals surface area contributed by atoms with Gasteiger partial charge >= 0.3 is 12.0 Å². The standard InChI is InChI=1S/C12H17N3O3/c1-12(2,3)18-10(16)8-14-11(17)15-9-6-4-5-7-13-9/h4-7H,8H2,1-3H3,(H2,13,14,15,17). The van der Waals surface area contributed by atoms with Crippen LogP contribution in [0.3, 0.4) is 0 Å². The maximum Gasteiger partial charge on any atom is 0.325 e. The predicted octanol–water partition coefficient (Wildman–Crippen LogP) is 1.54. The van der Waals surface area contributed by atoms with Crippen LogP contribution in [0.15, 0.2) is 24.4 Å². The van der Waals surface area contributed by atoms with Crippen LogP contribution in [0.4, 0.5) is 10.6 Å². The lowest BCUT2D eigenvalue weighted by molar-refractivity contribution is -0.153. The van der Waals surface area contributed by atoms with Gasteiger partial charge < -0.3 is 10.1 Å². The predicted molar refractivity (Wildman–Crippen MR) is 67.1 cm³/mol. The second-order valence-electron chi connectivity index (χ2n) is 4.61. The molecular weight excluding hydrogens is 234 g/mol. The highest BCUT2D eigenvalue weighted by Gasteiger charge is 2.16. The van der Waals surface area contributed by atoms with Crippen molar-refractivity contribution in [3.8, 4) is 0 Å². The number of carbonyl (C=O) groups excluding carboxylic acids is 2. The fraction of sp³-hybridized carbons (Fsp3) is 0.417. The van der Waals surface area contributed by atoms with Crippen LogP contribution in [-0.4, -0.2) is 29.1 Å². The molecule has 1 heterocycles. The van der Waals surface area contributed by atoms with Crippen LogP contribution >= 0.6 is 0 Å². The van der Waals surface area contributed by atoms with Crippen LogP contribution in [0.2, 0.25) is 0 Å². The first-order valence-electron chi connectivity index (χ1n) is 5.54. The molecule has 2 N–H and O–H groups in total. The number of nitrogens with one attached hydrogen (secondary N) is 2. The number of anilines is 1. The Hall–Kier alpha value is -2.11. The summed E-state index contributed by atoms with van der Waals surface area (Å²) in [7, 11) is 0. The zero-order chi connectivity index (χ0) is 13.6. The van der Waals surface area contributed by atoms with E-state index in [4.69, 9.17) is 4.74 Å². The van der Waals surface area contributed by atoms with Crippen LogP contribution in [0.25, 0.3) is 0 Å². The third-order valence-corrected chi connectivity index (χ3v) is 1.72. The summed E-state index contributed by atoms with van der Waals surface area (Å²) in [5, 5.41) is 4.88. The van der Waals surface area contributed by atoms with Crippen LogP contribution in [0.1, 0.15) is 20.8 Å². The number of ether oxygens (including phenoxy) is 1. The molecule has 0 aromatic carbocycles. The second-order valence-corrected chi connectivity index (χ2v) is 4.61. The van der Waals surface area contributed by atoms with Crippen LogP contribution in [0.5, 0.6) is 0 Å². The van der Waals surface area contributed by atoms with Crippen LogP contribution in [-0.2, 0) is 9.53 Å². The number of hydrogen-bond acceptors (Lipinski definition) is 4. The number of urea groups is 1. The van der Waals surface area contributed by atoms with Crippen molar-refractivity contribution in [3.05, 3.63) is 24.4 Å². The molecule has 0 bridgehead atoms. The number of carbonyl (C=O) groups is 2. The average Bonchev–Trinajstić information content (AvgIpc) is 2.25. The maximum atomic E-state index is 11.4. The highest BCUT2D eigenvalue weighted by atomic mass is 16.6. The number of pyridine rings is 1. The molecule has 0 atom stereocenters. The van der Waals surface area contributed by atoms with Gasteiger partial charge in [-0.15, -0.1) is 0 Å². The lowest BCUT2D eigenvalue weighted by atomic mass is 10.2. The van der Waals surface area contributed by atoms with Crippen molar-refractivity contribution in [2.75, 3.05) is 11.9 Å². The van der Waals surface area contributed by atoms with Crippen molar-refractivity contribution in [1.29, 1.82) is 0 Å². The molecule has 1 aromatic heterocycles. The average molecular weight is 251 g/mol. The molecule has 1 aromatic rings. The zero-order valence-electron chi connectivity index (χ0n) is 10.7. The molecule has 0 unspecified atom stereocenters. The molecule has 0 aliphatic heterocycles. The van der Waals surface area contributed by atoms with Crippen molar-refractivity contribution in [2.24, 2.45) is 0 Å². The number of nitrogens with zero attached hydrogens (tertiary/aromatic N) is 1. The maximum absolute atomic E-state index is 11.4. The summed E-state index contributed by atoms with van der Waals surface area (Å²) in [6, 6.07) is 4.63. The van der Waals surface area contributed by atoms with Gasteiger partial charge in [0, 0.05) is 6.20 Å². The molecule has 0 saturated heterocycles. The fourth-order valence-corrected chi connectivity index (χ4v) is 1.13. The number of hydrogen-bond donors (Lipinski definition) is 2. The minimum Gasteiger partial charge on any atom is -0.459 e. The Morgan fingerprint density at radius 2 is 2.06 bits per heavy atom. The van der Waals surface area contributed by atoms with Gasteiger partial charge in [-0.3, -0.25) is 10.1 Å². The highest BCUT2D eigenvalue weighted by molar-refractivity contribution is 5.90. The first kappa shape index (κ1) is 14.0. The fourth-order valence-electron chi connectivity index (χ4n) is 1.13. The van der Waals surface area contributed by atoms with Gasteiger partial charge in [-0.1, -0.05) is 6.07 Å². The Morgan fingerprint density at radius 1 is 1.33 bits per heavy atom. The van der Waals surface area contributed by atoms with Crippen molar-refractivity contribution in [1.82, 2.24) is 10.3 Å². The summed E-state index contributed by atoms with van der Waals surface area (Å²) >= 11 is 0. The van der Waals surface area contributed by atoms with E-state index in [9.17, 15) is 9.59 Å². The molecule has 0 fully saturated rings. The van der Waals surface area contributed by atoms with E-state index in [1.54, 1.807) is 45.2 Å². The Labute approximate surface area is 106 Å². The van der Waals surface area contributed by atoms with Crippen molar-refractivity contribution < 1.29 is 14.3 Å². The van der Waals surface area contributed by atoms with E-state index in [2.05, 4.69) is 15.6 Å². The van der Waals surface area contributed by atoms with Crippen molar-refractivity contribution >= 4 is 17.8 Å². The van der Waals surface area contributed by atoms with E-state index >= 15 is 0 Å². The monoisotopic (exact) mass is 251 g/mol. The first-order valence-corrected chi connectivity index (χ1v) is 5.54. The molecule has 18 heavy (non-hydrogen) atoms. The van der Waals surface area contributed by atoms with Crippen LogP contribution < -0.4 is 10.6 Å². The van der Waals surface area contributed by atoms with Crippen molar-refractivity contribution in [3.63, 3.8) is 0 Å². The lowest BCUT2D eigenvalue weighted by Gasteiger charge is -2.19. The van der Waals surface area contributed by atoms with Gasteiger partial charge in [0.25, 0.3) is 0 Å². The first-order chi connectivity index (χ1) is 8.37. The lowest BCUT2D eigenvalue weighted by Crippen LogP contribution is -2.37. The summed E-state index contributed by atoms with van der Waals surface area (Å²) in [6.07, 6.45) is 1.56.